The number of halogens is 1. The molecule has 1 saturated heterocycles. The number of urea groups is 1. The fraction of sp³-hybridized carbons (Fsp3) is 0.263. The number of aromatic nitrogens is 1. The number of carbonyl (C=O) groups excluding carboxylic acids is 3. The number of rotatable bonds is 3. The van der Waals surface area contributed by atoms with Crippen molar-refractivity contribution in [2.75, 3.05) is 11.9 Å². The van der Waals surface area contributed by atoms with Crippen molar-refractivity contribution in [2.24, 2.45) is 0 Å². The van der Waals surface area contributed by atoms with Crippen molar-refractivity contribution in [2.45, 2.75) is 24.8 Å². The normalized spacial score (nSPS) is 21.1. The molecule has 1 fully saturated rings. The summed E-state index contributed by atoms with van der Waals surface area (Å²) in [4.78, 5) is 42.5. The van der Waals surface area contributed by atoms with Crippen molar-refractivity contribution in [1.29, 1.82) is 0 Å². The third-order valence-electron chi connectivity index (χ3n) is 5.01. The standard InChI is InChI=1S/C19H17ClN4O3/c20-16-14(6-3-9-21-16)22-15(25)11-24-17(26)19(23-18(24)27)8-7-12-4-1-2-5-13(12)10-19/h1-6,9H,7-8,10-11H2,(H,22,25)(H,23,27). The Bertz CT molecular complexity index is 948. The summed E-state index contributed by atoms with van der Waals surface area (Å²) in [5, 5.41) is 5.53. The number of pyridine rings is 1. The second kappa shape index (κ2) is 6.66. The van der Waals surface area contributed by atoms with E-state index in [-0.39, 0.29) is 17.6 Å². The van der Waals surface area contributed by atoms with Gasteiger partial charge in [-0.3, -0.25) is 14.5 Å². The molecule has 1 spiro atoms. The van der Waals surface area contributed by atoms with Crippen LogP contribution in [0, 0.1) is 0 Å². The van der Waals surface area contributed by atoms with Crippen molar-refractivity contribution in [3.63, 3.8) is 0 Å². The van der Waals surface area contributed by atoms with E-state index in [1.165, 1.54) is 11.8 Å². The first-order chi connectivity index (χ1) is 13.0. The maximum atomic E-state index is 13.0. The number of nitrogens with zero attached hydrogens (tertiary/aromatic N) is 2. The third kappa shape index (κ3) is 3.14. The molecule has 1 atom stereocenters. The smallest absolute Gasteiger partial charge is 0.323 e. The lowest BCUT2D eigenvalue weighted by Crippen LogP contribution is -2.51. The van der Waals surface area contributed by atoms with Crippen LogP contribution < -0.4 is 10.6 Å². The average Bonchev–Trinajstić information content (AvgIpc) is 2.87. The minimum absolute atomic E-state index is 0.142. The van der Waals surface area contributed by atoms with Gasteiger partial charge in [-0.25, -0.2) is 9.78 Å². The number of benzene rings is 1. The van der Waals surface area contributed by atoms with Crippen LogP contribution >= 0.6 is 11.6 Å². The Hall–Kier alpha value is -2.93. The van der Waals surface area contributed by atoms with E-state index in [0.29, 0.717) is 24.9 Å². The molecule has 2 aliphatic rings. The lowest BCUT2D eigenvalue weighted by atomic mass is 9.78. The number of anilines is 1. The summed E-state index contributed by atoms with van der Waals surface area (Å²) in [6.45, 7) is -0.376. The Labute approximate surface area is 160 Å². The number of hydrogen-bond acceptors (Lipinski definition) is 4. The zero-order valence-corrected chi connectivity index (χ0v) is 15.1. The van der Waals surface area contributed by atoms with Gasteiger partial charge in [0, 0.05) is 12.6 Å². The third-order valence-corrected chi connectivity index (χ3v) is 5.31. The van der Waals surface area contributed by atoms with Gasteiger partial charge in [-0.1, -0.05) is 35.9 Å². The Morgan fingerprint density at radius 1 is 1.22 bits per heavy atom. The van der Waals surface area contributed by atoms with Crippen LogP contribution in [0.1, 0.15) is 17.5 Å². The van der Waals surface area contributed by atoms with Gasteiger partial charge in [0.15, 0.2) is 5.15 Å². The number of fused-ring (bicyclic) bond motifs is 1. The highest BCUT2D eigenvalue weighted by Gasteiger charge is 2.52. The van der Waals surface area contributed by atoms with Crippen molar-refractivity contribution in [3.8, 4) is 0 Å². The van der Waals surface area contributed by atoms with Crippen LogP contribution in [0.3, 0.4) is 0 Å². The summed E-state index contributed by atoms with van der Waals surface area (Å²) >= 11 is 5.92. The number of carbonyl (C=O) groups is 3. The molecule has 0 radical (unpaired) electrons. The summed E-state index contributed by atoms with van der Waals surface area (Å²) in [5.41, 5.74) is 1.59. The lowest BCUT2D eigenvalue weighted by molar-refractivity contribution is -0.134. The van der Waals surface area contributed by atoms with Crippen LogP contribution in [0.5, 0.6) is 0 Å². The van der Waals surface area contributed by atoms with Gasteiger partial charge >= 0.3 is 6.03 Å². The molecule has 2 aromatic rings. The molecule has 1 aromatic carbocycles. The van der Waals surface area contributed by atoms with E-state index in [0.717, 1.165) is 10.5 Å². The fourth-order valence-electron chi connectivity index (χ4n) is 3.66. The van der Waals surface area contributed by atoms with Gasteiger partial charge in [0.2, 0.25) is 5.91 Å². The molecule has 2 N–H and O–H groups in total. The van der Waals surface area contributed by atoms with Gasteiger partial charge in [-0.2, -0.15) is 0 Å². The summed E-state index contributed by atoms with van der Waals surface area (Å²) in [6, 6.07) is 10.6. The van der Waals surface area contributed by atoms with E-state index in [2.05, 4.69) is 15.6 Å². The van der Waals surface area contributed by atoms with Crippen molar-refractivity contribution >= 4 is 35.1 Å². The second-order valence-corrected chi connectivity index (χ2v) is 7.10. The van der Waals surface area contributed by atoms with E-state index in [1.807, 2.05) is 24.3 Å². The summed E-state index contributed by atoms with van der Waals surface area (Å²) < 4.78 is 0. The molecule has 0 bridgehead atoms. The molecule has 2 heterocycles. The minimum Gasteiger partial charge on any atom is -0.323 e. The number of aryl methyl sites for hydroxylation is 1. The maximum Gasteiger partial charge on any atom is 0.325 e. The van der Waals surface area contributed by atoms with Gasteiger partial charge in [0.25, 0.3) is 5.91 Å². The Morgan fingerprint density at radius 3 is 2.78 bits per heavy atom. The topological polar surface area (TPSA) is 91.4 Å². The largest absolute Gasteiger partial charge is 0.325 e. The van der Waals surface area contributed by atoms with E-state index in [4.69, 9.17) is 11.6 Å². The van der Waals surface area contributed by atoms with E-state index >= 15 is 0 Å². The molecule has 27 heavy (non-hydrogen) atoms. The number of nitrogens with one attached hydrogen (secondary N) is 2. The summed E-state index contributed by atoms with van der Waals surface area (Å²) in [6.07, 6.45) is 3.15. The number of hydrogen-bond donors (Lipinski definition) is 2. The molecule has 8 heteroatoms. The van der Waals surface area contributed by atoms with Gasteiger partial charge < -0.3 is 10.6 Å². The number of imide groups is 1. The molecule has 1 aliphatic heterocycles. The average molecular weight is 385 g/mol. The van der Waals surface area contributed by atoms with E-state index in [1.54, 1.807) is 12.1 Å². The summed E-state index contributed by atoms with van der Waals surface area (Å²) in [7, 11) is 0. The SMILES string of the molecule is O=C(CN1C(=O)NC2(CCc3ccccc3C2)C1=O)Nc1cccnc1Cl. The Morgan fingerprint density at radius 2 is 2.00 bits per heavy atom. The first kappa shape index (κ1) is 17.5. The first-order valence-electron chi connectivity index (χ1n) is 8.60. The van der Waals surface area contributed by atoms with Crippen molar-refractivity contribution in [1.82, 2.24) is 15.2 Å². The van der Waals surface area contributed by atoms with Crippen LogP contribution in [-0.4, -0.2) is 39.8 Å². The van der Waals surface area contributed by atoms with Crippen LogP contribution in [0.15, 0.2) is 42.6 Å². The van der Waals surface area contributed by atoms with Gasteiger partial charge in [0.05, 0.1) is 5.69 Å². The quantitative estimate of drug-likeness (QED) is 0.626. The molecule has 0 saturated carbocycles. The molecule has 4 rings (SSSR count). The zero-order chi connectivity index (χ0) is 19.0. The van der Waals surface area contributed by atoms with Crippen LogP contribution in [-0.2, 0) is 22.4 Å². The second-order valence-electron chi connectivity index (χ2n) is 6.74. The van der Waals surface area contributed by atoms with Crippen LogP contribution in [0.25, 0.3) is 0 Å². The van der Waals surface area contributed by atoms with E-state index < -0.39 is 17.5 Å². The number of amides is 4. The molecular formula is C19H17ClN4O3. The van der Waals surface area contributed by atoms with Gasteiger partial charge in [-0.05, 0) is 36.1 Å². The first-order valence-corrected chi connectivity index (χ1v) is 8.98. The highest BCUT2D eigenvalue weighted by Crippen LogP contribution is 2.33. The molecule has 1 unspecified atom stereocenters. The van der Waals surface area contributed by atoms with Crippen molar-refractivity contribution in [3.05, 3.63) is 58.9 Å². The molecular weight excluding hydrogens is 368 g/mol. The van der Waals surface area contributed by atoms with E-state index in [9.17, 15) is 14.4 Å². The van der Waals surface area contributed by atoms with Crippen LogP contribution in [0.2, 0.25) is 5.15 Å². The maximum absolute atomic E-state index is 13.0. The lowest BCUT2D eigenvalue weighted by Gasteiger charge is -2.32. The molecule has 138 valence electrons. The monoisotopic (exact) mass is 384 g/mol. The Kier molecular flexibility index (Phi) is 4.31. The van der Waals surface area contributed by atoms with Gasteiger partial charge in [0.1, 0.15) is 12.1 Å². The molecule has 1 aliphatic carbocycles. The van der Waals surface area contributed by atoms with Crippen molar-refractivity contribution < 1.29 is 14.4 Å². The molecule has 4 amide bonds. The molecule has 7 nitrogen and oxygen atoms in total. The predicted molar refractivity (Wildman–Crippen MR) is 99.3 cm³/mol. The summed E-state index contributed by atoms with van der Waals surface area (Å²) in [5.74, 6) is -0.879. The minimum atomic E-state index is -0.975. The predicted octanol–water partition coefficient (Wildman–Crippen LogP) is 2.15. The zero-order valence-electron chi connectivity index (χ0n) is 14.4. The Balaban J connectivity index is 1.49. The van der Waals surface area contributed by atoms with Crippen LogP contribution in [0.4, 0.5) is 10.5 Å². The molecule has 1 aromatic heterocycles. The highest BCUT2D eigenvalue weighted by molar-refractivity contribution is 6.32. The van der Waals surface area contributed by atoms with Gasteiger partial charge in [-0.15, -0.1) is 0 Å². The highest BCUT2D eigenvalue weighted by atomic mass is 35.5. The fourth-order valence-corrected chi connectivity index (χ4v) is 3.82.